The number of hydrogen-bond donors (Lipinski definition) is 1. The number of carbonyl (C=O) groups excluding carboxylic acids is 1. The van der Waals surface area contributed by atoms with Crippen molar-refractivity contribution < 1.29 is 35.5 Å². The third-order valence-electron chi connectivity index (χ3n) is 6.72. The second-order valence-electron chi connectivity index (χ2n) is 9.14. The summed E-state index contributed by atoms with van der Waals surface area (Å²) in [7, 11) is 0. The lowest BCUT2D eigenvalue weighted by Gasteiger charge is -2.69. The number of nitrogens with one attached hydrogen (secondary N) is 1. The molecule has 1 amide bonds. The van der Waals surface area contributed by atoms with Crippen LogP contribution in [0.25, 0.3) is 11.3 Å². The number of aromatic nitrogens is 3. The Hall–Kier alpha value is -2.66. The maximum absolute atomic E-state index is 14.2. The van der Waals surface area contributed by atoms with Gasteiger partial charge in [0.15, 0.2) is 5.82 Å². The zero-order chi connectivity index (χ0) is 23.1. The van der Waals surface area contributed by atoms with Gasteiger partial charge in [0, 0.05) is 18.5 Å². The normalized spacial score (nSPS) is 28.7. The number of hydrogen-bond acceptors (Lipinski definition) is 3. The fraction of sp³-hybridized carbons (Fsp3) is 0.550. The molecule has 4 aliphatic rings. The number of amides is 1. The molecule has 0 spiro atoms. The van der Waals surface area contributed by atoms with Gasteiger partial charge in [0.05, 0.1) is 29.0 Å². The van der Waals surface area contributed by atoms with Gasteiger partial charge in [0.1, 0.15) is 5.69 Å². The van der Waals surface area contributed by atoms with E-state index in [1.165, 1.54) is 10.7 Å². The molecule has 12 heteroatoms. The standard InChI is InChI=1S/C20H17F7N4O/c21-11-5-28-15(20(25,26)27)3-10(11)13-4-14-12(1-2-31(14)30-13)29-16(32)18-6-17(7-18,8-18)9-19(22,23)24/h3-5,12H,1-2,6-9H2,(H,29,32)/t12-,17?,18?/m0/s1. The second-order valence-corrected chi connectivity index (χ2v) is 9.14. The molecule has 1 N–H and O–H groups in total. The largest absolute Gasteiger partial charge is 0.433 e. The maximum atomic E-state index is 14.2. The molecule has 0 saturated heterocycles. The van der Waals surface area contributed by atoms with E-state index in [0.717, 1.165) is 0 Å². The van der Waals surface area contributed by atoms with Crippen LogP contribution in [0.2, 0.25) is 0 Å². The van der Waals surface area contributed by atoms with E-state index in [0.29, 0.717) is 30.9 Å². The summed E-state index contributed by atoms with van der Waals surface area (Å²) in [6.07, 6.45) is -8.32. The van der Waals surface area contributed by atoms with Crippen LogP contribution in [0.3, 0.4) is 0 Å². The molecule has 0 radical (unpaired) electrons. The summed E-state index contributed by atoms with van der Waals surface area (Å²) >= 11 is 0. The first-order valence-corrected chi connectivity index (χ1v) is 9.98. The van der Waals surface area contributed by atoms with Crippen LogP contribution in [0.1, 0.15) is 49.5 Å². The summed E-state index contributed by atoms with van der Waals surface area (Å²) in [4.78, 5) is 15.8. The average molecular weight is 462 g/mol. The van der Waals surface area contributed by atoms with E-state index in [9.17, 15) is 35.5 Å². The van der Waals surface area contributed by atoms with Gasteiger partial charge in [-0.25, -0.2) is 9.37 Å². The van der Waals surface area contributed by atoms with E-state index in [4.69, 9.17) is 0 Å². The highest BCUT2D eigenvalue weighted by molar-refractivity contribution is 5.86. The van der Waals surface area contributed by atoms with Crippen LogP contribution in [0.5, 0.6) is 0 Å². The van der Waals surface area contributed by atoms with Gasteiger partial charge in [-0.3, -0.25) is 9.48 Å². The molecule has 0 aromatic carbocycles. The molecular formula is C20H17F7N4O. The molecule has 2 aromatic rings. The third kappa shape index (κ3) is 3.34. The van der Waals surface area contributed by atoms with Crippen molar-refractivity contribution in [3.05, 3.63) is 35.5 Å². The first-order chi connectivity index (χ1) is 14.8. The Kier molecular flexibility index (Phi) is 4.27. The molecule has 3 saturated carbocycles. The summed E-state index contributed by atoms with van der Waals surface area (Å²) in [5.74, 6) is -1.28. The number of fused-ring (bicyclic) bond motifs is 1. The van der Waals surface area contributed by atoms with Crippen molar-refractivity contribution in [2.75, 3.05) is 0 Å². The van der Waals surface area contributed by atoms with Crippen molar-refractivity contribution in [3.8, 4) is 11.3 Å². The summed E-state index contributed by atoms with van der Waals surface area (Å²) < 4.78 is 92.5. The first kappa shape index (κ1) is 21.2. The predicted molar refractivity (Wildman–Crippen MR) is 95.3 cm³/mol. The molecule has 3 aliphatic carbocycles. The lowest BCUT2D eigenvalue weighted by molar-refractivity contribution is -0.258. The van der Waals surface area contributed by atoms with Crippen LogP contribution in [0.15, 0.2) is 18.3 Å². The minimum absolute atomic E-state index is 0.0148. The summed E-state index contributed by atoms with van der Waals surface area (Å²) in [6.45, 7) is 0.365. The lowest BCUT2D eigenvalue weighted by atomic mass is 9.34. The molecule has 3 fully saturated rings. The quantitative estimate of drug-likeness (QED) is 0.665. The number of rotatable bonds is 4. The highest BCUT2D eigenvalue weighted by atomic mass is 19.4. The molecule has 2 aromatic heterocycles. The Labute approximate surface area is 177 Å². The fourth-order valence-corrected chi connectivity index (χ4v) is 5.52. The van der Waals surface area contributed by atoms with E-state index < -0.39 is 47.2 Å². The van der Waals surface area contributed by atoms with Gasteiger partial charge in [-0.05, 0) is 43.2 Å². The van der Waals surface area contributed by atoms with Crippen LogP contribution in [-0.4, -0.2) is 26.8 Å². The van der Waals surface area contributed by atoms with Crippen LogP contribution < -0.4 is 5.32 Å². The number of aryl methyl sites for hydroxylation is 1. The number of alkyl halides is 6. The van der Waals surface area contributed by atoms with Crippen molar-refractivity contribution in [2.45, 2.75) is 57.0 Å². The van der Waals surface area contributed by atoms with Crippen molar-refractivity contribution in [2.24, 2.45) is 10.8 Å². The number of halogens is 7. The van der Waals surface area contributed by atoms with Crippen LogP contribution >= 0.6 is 0 Å². The summed E-state index contributed by atoms with van der Waals surface area (Å²) in [5.41, 5.74) is -2.71. The van der Waals surface area contributed by atoms with Gasteiger partial charge in [-0.2, -0.15) is 31.4 Å². The molecule has 3 heterocycles. The van der Waals surface area contributed by atoms with Crippen molar-refractivity contribution in [1.29, 1.82) is 0 Å². The lowest BCUT2D eigenvalue weighted by Crippen LogP contribution is -2.68. The van der Waals surface area contributed by atoms with E-state index in [-0.39, 0.29) is 36.4 Å². The smallest absolute Gasteiger partial charge is 0.347 e. The Balaban J connectivity index is 1.30. The van der Waals surface area contributed by atoms with Gasteiger partial charge in [-0.1, -0.05) is 0 Å². The van der Waals surface area contributed by atoms with Gasteiger partial charge in [-0.15, -0.1) is 0 Å². The van der Waals surface area contributed by atoms with E-state index in [1.807, 2.05) is 0 Å². The fourth-order valence-electron chi connectivity index (χ4n) is 5.52. The molecule has 32 heavy (non-hydrogen) atoms. The molecular weight excluding hydrogens is 445 g/mol. The zero-order valence-corrected chi connectivity index (χ0v) is 16.4. The van der Waals surface area contributed by atoms with Gasteiger partial charge < -0.3 is 5.32 Å². The van der Waals surface area contributed by atoms with E-state index in [2.05, 4.69) is 15.4 Å². The molecule has 1 atom stereocenters. The Bertz CT molecular complexity index is 1080. The highest BCUT2D eigenvalue weighted by Crippen LogP contribution is 2.76. The Morgan fingerprint density at radius 3 is 2.47 bits per heavy atom. The molecule has 2 bridgehead atoms. The van der Waals surface area contributed by atoms with Gasteiger partial charge in [0.25, 0.3) is 0 Å². The minimum atomic E-state index is -4.74. The Morgan fingerprint density at radius 2 is 1.84 bits per heavy atom. The molecule has 6 rings (SSSR count). The van der Waals surface area contributed by atoms with Crippen LogP contribution in [-0.2, 0) is 17.5 Å². The third-order valence-corrected chi connectivity index (χ3v) is 6.72. The summed E-state index contributed by atoms with van der Waals surface area (Å²) in [6, 6.07) is 1.51. The average Bonchev–Trinajstić information content (AvgIpc) is 3.17. The monoisotopic (exact) mass is 462 g/mol. The molecule has 172 valence electrons. The molecule has 0 unspecified atom stereocenters. The minimum Gasteiger partial charge on any atom is -0.347 e. The number of pyridine rings is 1. The van der Waals surface area contributed by atoms with E-state index in [1.54, 1.807) is 0 Å². The molecule has 1 aliphatic heterocycles. The maximum Gasteiger partial charge on any atom is 0.433 e. The van der Waals surface area contributed by atoms with Crippen molar-refractivity contribution in [3.63, 3.8) is 0 Å². The first-order valence-electron chi connectivity index (χ1n) is 9.98. The van der Waals surface area contributed by atoms with Gasteiger partial charge >= 0.3 is 12.4 Å². The second kappa shape index (κ2) is 6.44. The predicted octanol–water partition coefficient (Wildman–Crippen LogP) is 4.79. The highest BCUT2D eigenvalue weighted by Gasteiger charge is 2.73. The number of carbonyl (C=O) groups is 1. The van der Waals surface area contributed by atoms with Crippen LogP contribution in [0, 0.1) is 16.6 Å². The Morgan fingerprint density at radius 1 is 1.16 bits per heavy atom. The zero-order valence-electron chi connectivity index (χ0n) is 16.4. The van der Waals surface area contributed by atoms with Crippen molar-refractivity contribution in [1.82, 2.24) is 20.1 Å². The molecule has 5 nitrogen and oxygen atoms in total. The van der Waals surface area contributed by atoms with E-state index >= 15 is 0 Å². The topological polar surface area (TPSA) is 59.8 Å². The summed E-state index contributed by atoms with van der Waals surface area (Å²) in [5, 5.41) is 7.01. The van der Waals surface area contributed by atoms with Crippen molar-refractivity contribution >= 4 is 5.91 Å². The SMILES string of the molecule is O=C(N[C@H]1CCn2nc(-c3cc(C(F)(F)F)ncc3F)cc21)C12CC(CC(F)(F)F)(C1)C2. The van der Waals surface area contributed by atoms with Gasteiger partial charge in [0.2, 0.25) is 5.91 Å². The van der Waals surface area contributed by atoms with Crippen LogP contribution in [0.4, 0.5) is 30.7 Å². The number of nitrogens with zero attached hydrogens (tertiary/aromatic N) is 3.